The SMILES string of the molecule is CC(C)Cc1ccc(OC(F)(F)F)c(-c2c(CC(C)(C)C)cccc2S(C)(=O)=O)c1. The lowest BCUT2D eigenvalue weighted by atomic mass is 9.84. The van der Waals surface area contributed by atoms with Crippen molar-refractivity contribution in [3.05, 3.63) is 47.5 Å². The summed E-state index contributed by atoms with van der Waals surface area (Å²) in [6, 6.07) is 9.32. The first-order valence-electron chi connectivity index (χ1n) is 9.78. The third-order valence-corrected chi connectivity index (χ3v) is 5.55. The van der Waals surface area contributed by atoms with Crippen molar-refractivity contribution in [1.82, 2.24) is 0 Å². The summed E-state index contributed by atoms with van der Waals surface area (Å²) in [6.07, 6.45) is -2.69. The predicted molar refractivity (Wildman–Crippen MR) is 113 cm³/mol. The fourth-order valence-electron chi connectivity index (χ4n) is 3.49. The molecule has 30 heavy (non-hydrogen) atoms. The number of alkyl halides is 3. The molecule has 0 bridgehead atoms. The second-order valence-electron chi connectivity index (χ2n) is 9.28. The molecular weight excluding hydrogens is 413 g/mol. The van der Waals surface area contributed by atoms with Gasteiger partial charge in [-0.25, -0.2) is 8.42 Å². The number of rotatable bonds is 6. The normalized spacial score (nSPS) is 13.0. The standard InChI is InChI=1S/C23H29F3O3S/c1-15(2)12-16-10-11-19(29-23(24,25)26)18(13-16)21-17(14-22(3,4)5)8-7-9-20(21)30(6,27)28/h7-11,13,15H,12,14H2,1-6H3. The highest BCUT2D eigenvalue weighted by molar-refractivity contribution is 7.90. The monoisotopic (exact) mass is 442 g/mol. The Morgan fingerprint density at radius 1 is 1.03 bits per heavy atom. The Bertz CT molecular complexity index is 1000. The Labute approximate surface area is 177 Å². The van der Waals surface area contributed by atoms with Crippen LogP contribution in [-0.4, -0.2) is 21.0 Å². The lowest BCUT2D eigenvalue weighted by Gasteiger charge is -2.24. The van der Waals surface area contributed by atoms with Gasteiger partial charge in [0.25, 0.3) is 0 Å². The minimum absolute atomic E-state index is 0.00188. The lowest BCUT2D eigenvalue weighted by Crippen LogP contribution is -2.18. The average molecular weight is 443 g/mol. The summed E-state index contributed by atoms with van der Waals surface area (Å²) >= 11 is 0. The van der Waals surface area contributed by atoms with Crippen LogP contribution in [0.3, 0.4) is 0 Å². The van der Waals surface area contributed by atoms with Gasteiger partial charge in [-0.05, 0) is 53.5 Å². The Morgan fingerprint density at radius 3 is 2.17 bits per heavy atom. The van der Waals surface area contributed by atoms with Gasteiger partial charge in [0.15, 0.2) is 9.84 Å². The molecule has 0 spiro atoms. The van der Waals surface area contributed by atoms with E-state index < -0.39 is 21.9 Å². The van der Waals surface area contributed by atoms with E-state index in [2.05, 4.69) is 4.74 Å². The quantitative estimate of drug-likeness (QED) is 0.517. The van der Waals surface area contributed by atoms with Crippen LogP contribution in [0.15, 0.2) is 41.3 Å². The molecule has 0 aliphatic carbocycles. The van der Waals surface area contributed by atoms with Gasteiger partial charge >= 0.3 is 6.36 Å². The summed E-state index contributed by atoms with van der Waals surface area (Å²) in [6.45, 7) is 10.00. The Balaban J connectivity index is 2.87. The molecular formula is C23H29F3O3S. The van der Waals surface area contributed by atoms with Gasteiger partial charge in [-0.15, -0.1) is 13.2 Å². The van der Waals surface area contributed by atoms with Crippen molar-refractivity contribution < 1.29 is 26.3 Å². The van der Waals surface area contributed by atoms with Crippen molar-refractivity contribution in [1.29, 1.82) is 0 Å². The molecule has 7 heteroatoms. The molecule has 0 unspecified atom stereocenters. The van der Waals surface area contributed by atoms with E-state index in [0.29, 0.717) is 18.4 Å². The maximum absolute atomic E-state index is 13.1. The summed E-state index contributed by atoms with van der Waals surface area (Å²) in [5.74, 6) is -0.118. The van der Waals surface area contributed by atoms with Gasteiger partial charge in [-0.2, -0.15) is 0 Å². The van der Waals surface area contributed by atoms with Crippen LogP contribution in [-0.2, 0) is 22.7 Å². The van der Waals surface area contributed by atoms with E-state index in [4.69, 9.17) is 0 Å². The maximum Gasteiger partial charge on any atom is 0.573 e. The van der Waals surface area contributed by atoms with Crippen molar-refractivity contribution in [2.45, 2.75) is 58.7 Å². The van der Waals surface area contributed by atoms with Crippen LogP contribution < -0.4 is 4.74 Å². The smallest absolute Gasteiger partial charge is 0.405 e. The number of sulfone groups is 1. The fraction of sp³-hybridized carbons (Fsp3) is 0.478. The first kappa shape index (κ1) is 24.3. The largest absolute Gasteiger partial charge is 0.573 e. The summed E-state index contributed by atoms with van der Waals surface area (Å²) < 4.78 is 68.7. The van der Waals surface area contributed by atoms with Crippen molar-refractivity contribution >= 4 is 9.84 Å². The van der Waals surface area contributed by atoms with Gasteiger partial charge < -0.3 is 4.74 Å². The third kappa shape index (κ3) is 6.76. The van der Waals surface area contributed by atoms with Crippen molar-refractivity contribution in [3.8, 4) is 16.9 Å². The molecule has 0 saturated carbocycles. The van der Waals surface area contributed by atoms with Crippen LogP contribution in [0, 0.1) is 11.3 Å². The van der Waals surface area contributed by atoms with Crippen LogP contribution in [0.4, 0.5) is 13.2 Å². The van der Waals surface area contributed by atoms with Crippen LogP contribution in [0.5, 0.6) is 5.75 Å². The molecule has 0 saturated heterocycles. The second-order valence-corrected chi connectivity index (χ2v) is 11.3. The third-order valence-electron chi connectivity index (χ3n) is 4.42. The van der Waals surface area contributed by atoms with Crippen molar-refractivity contribution in [2.75, 3.05) is 6.26 Å². The van der Waals surface area contributed by atoms with E-state index in [-0.39, 0.29) is 27.4 Å². The minimum atomic E-state index is -4.89. The number of ether oxygens (including phenoxy) is 1. The van der Waals surface area contributed by atoms with E-state index in [9.17, 15) is 21.6 Å². The topological polar surface area (TPSA) is 43.4 Å². The van der Waals surface area contributed by atoms with Crippen LogP contribution in [0.2, 0.25) is 0 Å². The van der Waals surface area contributed by atoms with Gasteiger partial charge in [0.1, 0.15) is 5.75 Å². The Morgan fingerprint density at radius 2 is 1.67 bits per heavy atom. The molecule has 0 radical (unpaired) electrons. The van der Waals surface area contributed by atoms with Gasteiger partial charge in [-0.1, -0.05) is 52.8 Å². The molecule has 2 aromatic carbocycles. The zero-order chi connectivity index (χ0) is 22.9. The van der Waals surface area contributed by atoms with Gasteiger partial charge in [0, 0.05) is 17.4 Å². The highest BCUT2D eigenvalue weighted by Gasteiger charge is 2.33. The number of hydrogen-bond donors (Lipinski definition) is 0. The van der Waals surface area contributed by atoms with E-state index in [0.717, 1.165) is 11.8 Å². The summed E-state index contributed by atoms with van der Waals surface area (Å²) in [4.78, 5) is -0.00188. The summed E-state index contributed by atoms with van der Waals surface area (Å²) in [5, 5.41) is 0. The molecule has 166 valence electrons. The number of benzene rings is 2. The van der Waals surface area contributed by atoms with E-state index in [1.807, 2.05) is 34.6 Å². The van der Waals surface area contributed by atoms with Gasteiger partial charge in [-0.3, -0.25) is 0 Å². The van der Waals surface area contributed by atoms with E-state index >= 15 is 0 Å². The molecule has 0 fully saturated rings. The van der Waals surface area contributed by atoms with Crippen molar-refractivity contribution in [3.63, 3.8) is 0 Å². The molecule has 0 aliphatic heterocycles. The molecule has 0 aliphatic rings. The molecule has 0 aromatic heterocycles. The Hall–Kier alpha value is -2.02. The lowest BCUT2D eigenvalue weighted by molar-refractivity contribution is -0.274. The zero-order valence-electron chi connectivity index (χ0n) is 18.2. The molecule has 0 amide bonds. The first-order valence-corrected chi connectivity index (χ1v) is 11.7. The zero-order valence-corrected chi connectivity index (χ0v) is 19.0. The van der Waals surface area contributed by atoms with E-state index in [1.54, 1.807) is 24.3 Å². The molecule has 0 heterocycles. The first-order chi connectivity index (χ1) is 13.6. The second kappa shape index (κ2) is 8.61. The molecule has 3 nitrogen and oxygen atoms in total. The maximum atomic E-state index is 13.1. The minimum Gasteiger partial charge on any atom is -0.405 e. The highest BCUT2D eigenvalue weighted by Crippen LogP contribution is 2.41. The Kier molecular flexibility index (Phi) is 6.96. The molecule has 2 aromatic rings. The van der Waals surface area contributed by atoms with Crippen LogP contribution >= 0.6 is 0 Å². The number of halogens is 3. The molecule has 0 atom stereocenters. The molecule has 0 N–H and O–H groups in total. The average Bonchev–Trinajstić information content (AvgIpc) is 2.52. The van der Waals surface area contributed by atoms with E-state index in [1.165, 1.54) is 12.1 Å². The van der Waals surface area contributed by atoms with Crippen LogP contribution in [0.25, 0.3) is 11.1 Å². The number of hydrogen-bond acceptors (Lipinski definition) is 3. The van der Waals surface area contributed by atoms with Gasteiger partial charge in [0.05, 0.1) is 4.90 Å². The molecule has 2 rings (SSSR count). The van der Waals surface area contributed by atoms with Crippen LogP contribution in [0.1, 0.15) is 45.7 Å². The highest BCUT2D eigenvalue weighted by atomic mass is 32.2. The summed E-state index contributed by atoms with van der Waals surface area (Å²) in [5.41, 5.74) is 1.70. The van der Waals surface area contributed by atoms with Gasteiger partial charge in [0.2, 0.25) is 0 Å². The van der Waals surface area contributed by atoms with Crippen molar-refractivity contribution in [2.24, 2.45) is 11.3 Å². The fourth-order valence-corrected chi connectivity index (χ4v) is 4.43. The predicted octanol–water partition coefficient (Wildman–Crippen LogP) is 6.44. The summed E-state index contributed by atoms with van der Waals surface area (Å²) in [7, 11) is -3.69.